The topological polar surface area (TPSA) is 81.9 Å². The summed E-state index contributed by atoms with van der Waals surface area (Å²) in [6, 6.07) is 1.68. The van der Waals surface area contributed by atoms with Crippen molar-refractivity contribution in [3.8, 4) is 0 Å². The van der Waals surface area contributed by atoms with Gasteiger partial charge >= 0.3 is 0 Å². The van der Waals surface area contributed by atoms with Crippen LogP contribution in [0.25, 0.3) is 0 Å². The predicted octanol–water partition coefficient (Wildman–Crippen LogP) is 1.51. The fourth-order valence-electron chi connectivity index (χ4n) is 2.93. The Labute approximate surface area is 135 Å². The fourth-order valence-corrected chi connectivity index (χ4v) is 2.93. The van der Waals surface area contributed by atoms with Crippen molar-refractivity contribution < 1.29 is 9.53 Å². The number of nitrogens with one attached hydrogen (secondary N) is 1. The molecule has 0 aromatic carbocycles. The van der Waals surface area contributed by atoms with E-state index in [1.54, 1.807) is 19.2 Å². The van der Waals surface area contributed by atoms with Crippen molar-refractivity contribution >= 4 is 5.91 Å². The predicted molar refractivity (Wildman–Crippen MR) is 83.8 cm³/mol. The highest BCUT2D eigenvalue weighted by atomic mass is 16.5. The van der Waals surface area contributed by atoms with Crippen LogP contribution >= 0.6 is 0 Å². The van der Waals surface area contributed by atoms with Crippen LogP contribution in [0.15, 0.2) is 24.7 Å². The lowest BCUT2D eigenvalue weighted by Gasteiger charge is -2.19. The molecule has 0 unspecified atom stereocenters. The van der Waals surface area contributed by atoms with Gasteiger partial charge in [0.15, 0.2) is 0 Å². The molecule has 122 valence electrons. The molecule has 2 aromatic rings. The van der Waals surface area contributed by atoms with Gasteiger partial charge in [0.2, 0.25) is 0 Å². The lowest BCUT2D eigenvalue weighted by molar-refractivity contribution is 0.0774. The third-order valence-electron chi connectivity index (χ3n) is 4.23. The highest BCUT2D eigenvalue weighted by Crippen LogP contribution is 2.33. The molecular weight excluding hydrogens is 294 g/mol. The van der Waals surface area contributed by atoms with Gasteiger partial charge in [0.25, 0.3) is 5.91 Å². The lowest BCUT2D eigenvalue weighted by Crippen LogP contribution is -2.31. The van der Waals surface area contributed by atoms with Crippen LogP contribution in [-0.4, -0.2) is 38.8 Å². The van der Waals surface area contributed by atoms with Crippen molar-refractivity contribution in [1.29, 1.82) is 0 Å². The Morgan fingerprint density at radius 2 is 2.35 bits per heavy atom. The Balaban J connectivity index is 1.66. The number of ether oxygens (including phenoxy) is 1. The Morgan fingerprint density at radius 1 is 1.48 bits per heavy atom. The fraction of sp³-hybridized carbons (Fsp3) is 0.500. The van der Waals surface area contributed by atoms with E-state index in [1.807, 2.05) is 6.20 Å². The number of nitrogens with zero attached hydrogens (tertiary/aromatic N) is 4. The van der Waals surface area contributed by atoms with Crippen LogP contribution in [0.5, 0.6) is 0 Å². The third-order valence-corrected chi connectivity index (χ3v) is 4.23. The summed E-state index contributed by atoms with van der Waals surface area (Å²) >= 11 is 0. The first kappa shape index (κ1) is 15.6. The normalized spacial score (nSPS) is 20.6. The summed E-state index contributed by atoms with van der Waals surface area (Å²) in [4.78, 5) is 16.7. The SMILES string of the molecule is CCn1ccnc1[C@@H]1OCC[C@H]1CNC(=O)c1ccnnc1C. The second-order valence-corrected chi connectivity index (χ2v) is 5.65. The first-order chi connectivity index (χ1) is 11.2. The Kier molecular flexibility index (Phi) is 4.66. The molecule has 0 bridgehead atoms. The molecule has 1 aliphatic rings. The highest BCUT2D eigenvalue weighted by molar-refractivity contribution is 5.94. The first-order valence-corrected chi connectivity index (χ1v) is 7.89. The number of aromatic nitrogens is 4. The molecule has 2 atom stereocenters. The molecule has 3 rings (SSSR count). The number of aryl methyl sites for hydroxylation is 2. The molecule has 3 heterocycles. The van der Waals surface area contributed by atoms with Crippen LogP contribution < -0.4 is 5.32 Å². The minimum atomic E-state index is -0.123. The van der Waals surface area contributed by atoms with Crippen LogP contribution in [-0.2, 0) is 11.3 Å². The number of carbonyl (C=O) groups excluding carboxylic acids is 1. The smallest absolute Gasteiger partial charge is 0.253 e. The second-order valence-electron chi connectivity index (χ2n) is 5.65. The molecule has 7 nitrogen and oxygen atoms in total. The lowest BCUT2D eigenvalue weighted by atomic mass is 10.0. The van der Waals surface area contributed by atoms with E-state index in [9.17, 15) is 4.79 Å². The van der Waals surface area contributed by atoms with Crippen molar-refractivity contribution in [2.24, 2.45) is 5.92 Å². The van der Waals surface area contributed by atoms with Crippen molar-refractivity contribution in [3.63, 3.8) is 0 Å². The molecule has 0 spiro atoms. The van der Waals surface area contributed by atoms with Gasteiger partial charge in [-0.15, -0.1) is 0 Å². The maximum Gasteiger partial charge on any atom is 0.253 e. The summed E-state index contributed by atoms with van der Waals surface area (Å²) in [6.45, 7) is 5.97. The molecular formula is C16H21N5O2. The van der Waals surface area contributed by atoms with Gasteiger partial charge in [-0.1, -0.05) is 0 Å². The van der Waals surface area contributed by atoms with E-state index >= 15 is 0 Å². The van der Waals surface area contributed by atoms with Crippen LogP contribution in [0.2, 0.25) is 0 Å². The molecule has 1 N–H and O–H groups in total. The molecule has 7 heteroatoms. The molecule has 0 radical (unpaired) electrons. The Morgan fingerprint density at radius 3 is 3.13 bits per heavy atom. The molecule has 2 aromatic heterocycles. The summed E-state index contributed by atoms with van der Waals surface area (Å²) in [6.07, 6.45) is 6.12. The number of imidazole rings is 1. The van der Waals surface area contributed by atoms with Gasteiger partial charge < -0.3 is 14.6 Å². The van der Waals surface area contributed by atoms with Gasteiger partial charge in [-0.3, -0.25) is 4.79 Å². The molecule has 1 saturated heterocycles. The van der Waals surface area contributed by atoms with Crippen LogP contribution in [0.3, 0.4) is 0 Å². The Hall–Kier alpha value is -2.28. The van der Waals surface area contributed by atoms with Gasteiger partial charge in [-0.25, -0.2) is 4.98 Å². The van der Waals surface area contributed by atoms with Gasteiger partial charge in [0.05, 0.1) is 17.5 Å². The summed E-state index contributed by atoms with van der Waals surface area (Å²) in [5, 5.41) is 10.7. The maximum absolute atomic E-state index is 12.3. The quantitative estimate of drug-likeness (QED) is 0.904. The number of hydrogen-bond acceptors (Lipinski definition) is 5. The molecule has 1 amide bonds. The molecule has 23 heavy (non-hydrogen) atoms. The molecule has 1 fully saturated rings. The zero-order valence-electron chi connectivity index (χ0n) is 13.4. The average molecular weight is 315 g/mol. The summed E-state index contributed by atoms with van der Waals surface area (Å²) < 4.78 is 7.94. The zero-order valence-corrected chi connectivity index (χ0v) is 13.4. The van der Waals surface area contributed by atoms with Gasteiger partial charge in [-0.2, -0.15) is 10.2 Å². The largest absolute Gasteiger partial charge is 0.370 e. The number of hydrogen-bond donors (Lipinski definition) is 1. The van der Waals surface area contributed by atoms with Crippen molar-refractivity contribution in [3.05, 3.63) is 41.7 Å². The van der Waals surface area contributed by atoms with E-state index in [2.05, 4.69) is 32.0 Å². The van der Waals surface area contributed by atoms with Crippen LogP contribution in [0.1, 0.15) is 41.3 Å². The number of amides is 1. The van der Waals surface area contributed by atoms with E-state index in [-0.39, 0.29) is 17.9 Å². The van der Waals surface area contributed by atoms with Gasteiger partial charge in [-0.05, 0) is 26.3 Å². The molecule has 0 aliphatic carbocycles. The monoisotopic (exact) mass is 315 g/mol. The molecule has 1 aliphatic heterocycles. The highest BCUT2D eigenvalue weighted by Gasteiger charge is 2.32. The Bertz CT molecular complexity index is 685. The van der Waals surface area contributed by atoms with E-state index in [1.165, 1.54) is 6.20 Å². The first-order valence-electron chi connectivity index (χ1n) is 7.89. The average Bonchev–Trinajstić information content (AvgIpc) is 3.21. The van der Waals surface area contributed by atoms with E-state index in [0.717, 1.165) is 18.8 Å². The summed E-state index contributed by atoms with van der Waals surface area (Å²) in [5.41, 5.74) is 1.19. The van der Waals surface area contributed by atoms with Crippen molar-refractivity contribution in [2.45, 2.75) is 32.9 Å². The third kappa shape index (κ3) is 3.24. The van der Waals surface area contributed by atoms with Crippen LogP contribution in [0.4, 0.5) is 0 Å². The zero-order chi connectivity index (χ0) is 16.2. The standard InChI is InChI=1S/C16H21N5O2/c1-3-21-8-7-17-15(21)14-12(5-9-23-14)10-18-16(22)13-4-6-19-20-11(13)2/h4,6-8,12,14H,3,5,9-10H2,1-2H3,(H,18,22)/t12-,14+/m0/s1. The summed E-state index contributed by atoms with van der Waals surface area (Å²) in [7, 11) is 0. The van der Waals surface area contributed by atoms with E-state index in [4.69, 9.17) is 4.74 Å². The minimum Gasteiger partial charge on any atom is -0.370 e. The van der Waals surface area contributed by atoms with E-state index in [0.29, 0.717) is 24.4 Å². The van der Waals surface area contributed by atoms with Crippen LogP contribution in [0, 0.1) is 12.8 Å². The van der Waals surface area contributed by atoms with Gasteiger partial charge in [0.1, 0.15) is 11.9 Å². The number of carbonyl (C=O) groups is 1. The summed E-state index contributed by atoms with van der Waals surface area (Å²) in [5.74, 6) is 1.04. The molecule has 0 saturated carbocycles. The van der Waals surface area contributed by atoms with Gasteiger partial charge in [0, 0.05) is 38.0 Å². The van der Waals surface area contributed by atoms with Crippen molar-refractivity contribution in [2.75, 3.05) is 13.2 Å². The maximum atomic E-state index is 12.3. The van der Waals surface area contributed by atoms with Crippen molar-refractivity contribution in [1.82, 2.24) is 25.1 Å². The second kappa shape index (κ2) is 6.87. The minimum absolute atomic E-state index is 0.0677. The number of rotatable bonds is 5. The van der Waals surface area contributed by atoms with E-state index < -0.39 is 0 Å².